The van der Waals surface area contributed by atoms with Gasteiger partial charge in [0.1, 0.15) is 30.4 Å². The van der Waals surface area contributed by atoms with Crippen molar-refractivity contribution in [3.8, 4) is 34.2 Å². The maximum Gasteiger partial charge on any atom is 0.163 e. The highest BCUT2D eigenvalue weighted by Crippen LogP contribution is 2.34. The van der Waals surface area contributed by atoms with Gasteiger partial charge in [-0.05, 0) is 36.4 Å². The van der Waals surface area contributed by atoms with Crippen molar-refractivity contribution in [3.05, 3.63) is 48.2 Å². The molecule has 1 N–H and O–H groups in total. The molecule has 128 valence electrons. The fourth-order valence-electron chi connectivity index (χ4n) is 2.80. The van der Waals surface area contributed by atoms with Crippen molar-refractivity contribution in [2.45, 2.75) is 6.61 Å². The number of aromatic nitrogens is 3. The third kappa shape index (κ3) is 2.78. The standard InChI is InChI=1S/C18H17N3O4/c1-23-14-5-2-12(3-6-14)18-15(11-22)19-20-21(18)13-4-7-16-17(10-13)25-9-8-24-16/h2-7,10,22H,8-9,11H2,1H3. The first kappa shape index (κ1) is 15.5. The summed E-state index contributed by atoms with van der Waals surface area (Å²) in [6, 6.07) is 13.1. The van der Waals surface area contributed by atoms with Crippen LogP contribution in [0.4, 0.5) is 0 Å². The predicted octanol–water partition coefficient (Wildman–Crippen LogP) is 2.21. The zero-order chi connectivity index (χ0) is 17.2. The monoisotopic (exact) mass is 339 g/mol. The second kappa shape index (κ2) is 6.45. The molecule has 0 unspecified atom stereocenters. The Bertz CT molecular complexity index is 890. The van der Waals surface area contributed by atoms with E-state index in [4.69, 9.17) is 14.2 Å². The van der Waals surface area contributed by atoms with E-state index in [1.807, 2.05) is 42.5 Å². The van der Waals surface area contributed by atoms with Crippen LogP contribution < -0.4 is 14.2 Å². The first-order valence-corrected chi connectivity index (χ1v) is 7.90. The highest BCUT2D eigenvalue weighted by Gasteiger charge is 2.18. The van der Waals surface area contributed by atoms with Crippen LogP contribution in [0.25, 0.3) is 16.9 Å². The van der Waals surface area contributed by atoms with Gasteiger partial charge in [-0.3, -0.25) is 0 Å². The molecule has 7 heteroatoms. The molecule has 0 spiro atoms. The van der Waals surface area contributed by atoms with Gasteiger partial charge in [-0.25, -0.2) is 4.68 Å². The maximum atomic E-state index is 9.65. The molecule has 1 aliphatic heterocycles. The fourth-order valence-corrected chi connectivity index (χ4v) is 2.80. The zero-order valence-corrected chi connectivity index (χ0v) is 13.7. The molecule has 0 saturated heterocycles. The van der Waals surface area contributed by atoms with Gasteiger partial charge >= 0.3 is 0 Å². The van der Waals surface area contributed by atoms with Gasteiger partial charge in [0.05, 0.1) is 19.4 Å². The highest BCUT2D eigenvalue weighted by molar-refractivity contribution is 5.65. The lowest BCUT2D eigenvalue weighted by Crippen LogP contribution is -2.15. The van der Waals surface area contributed by atoms with E-state index in [9.17, 15) is 5.11 Å². The molecule has 0 fully saturated rings. The first-order chi connectivity index (χ1) is 12.3. The van der Waals surface area contributed by atoms with Gasteiger partial charge in [-0.1, -0.05) is 5.21 Å². The molecule has 0 amide bonds. The lowest BCUT2D eigenvalue weighted by Gasteiger charge is -2.19. The summed E-state index contributed by atoms with van der Waals surface area (Å²) in [4.78, 5) is 0. The maximum absolute atomic E-state index is 9.65. The van der Waals surface area contributed by atoms with Crippen molar-refractivity contribution in [1.29, 1.82) is 0 Å². The smallest absolute Gasteiger partial charge is 0.163 e. The summed E-state index contributed by atoms with van der Waals surface area (Å²) in [5.41, 5.74) is 2.88. The van der Waals surface area contributed by atoms with Gasteiger partial charge in [-0.2, -0.15) is 0 Å². The summed E-state index contributed by atoms with van der Waals surface area (Å²) in [7, 11) is 1.62. The Morgan fingerprint density at radius 3 is 2.56 bits per heavy atom. The van der Waals surface area contributed by atoms with E-state index in [1.165, 1.54) is 0 Å². The average molecular weight is 339 g/mol. The summed E-state index contributed by atoms with van der Waals surface area (Å²) >= 11 is 0. The van der Waals surface area contributed by atoms with Gasteiger partial charge in [-0.15, -0.1) is 5.10 Å². The SMILES string of the molecule is COc1ccc(-c2c(CO)nnn2-c2ccc3c(c2)OCCO3)cc1. The van der Waals surface area contributed by atoms with E-state index in [-0.39, 0.29) is 6.61 Å². The van der Waals surface area contributed by atoms with Crippen LogP contribution >= 0.6 is 0 Å². The zero-order valence-electron chi connectivity index (χ0n) is 13.7. The lowest BCUT2D eigenvalue weighted by molar-refractivity contribution is 0.171. The summed E-state index contributed by atoms with van der Waals surface area (Å²) < 4.78 is 18.1. The van der Waals surface area contributed by atoms with Crippen LogP contribution in [0.5, 0.6) is 17.2 Å². The largest absolute Gasteiger partial charge is 0.497 e. The Labute approximate surface area is 144 Å². The number of ether oxygens (including phenoxy) is 3. The molecule has 3 aromatic rings. The molecule has 0 atom stereocenters. The first-order valence-electron chi connectivity index (χ1n) is 7.90. The van der Waals surface area contributed by atoms with E-state index in [0.29, 0.717) is 30.4 Å². The van der Waals surface area contributed by atoms with Crippen LogP contribution in [0.15, 0.2) is 42.5 Å². The van der Waals surface area contributed by atoms with Crippen molar-refractivity contribution in [2.24, 2.45) is 0 Å². The Balaban J connectivity index is 1.81. The van der Waals surface area contributed by atoms with Gasteiger partial charge in [0.2, 0.25) is 0 Å². The minimum absolute atomic E-state index is 0.202. The molecule has 0 radical (unpaired) electrons. The molecule has 2 aromatic carbocycles. The number of hydrogen-bond acceptors (Lipinski definition) is 6. The quantitative estimate of drug-likeness (QED) is 0.785. The Morgan fingerprint density at radius 1 is 1.08 bits per heavy atom. The average Bonchev–Trinajstić information content (AvgIpc) is 3.11. The molecule has 1 aromatic heterocycles. The molecule has 0 saturated carbocycles. The topological polar surface area (TPSA) is 78.6 Å². The summed E-state index contributed by atoms with van der Waals surface area (Å²) in [6.07, 6.45) is 0. The predicted molar refractivity (Wildman–Crippen MR) is 90.3 cm³/mol. The Morgan fingerprint density at radius 2 is 1.84 bits per heavy atom. The van der Waals surface area contributed by atoms with Crippen LogP contribution in [0.2, 0.25) is 0 Å². The summed E-state index contributed by atoms with van der Waals surface area (Å²) in [6.45, 7) is 0.856. The third-order valence-electron chi connectivity index (χ3n) is 4.02. The molecule has 0 aliphatic carbocycles. The van der Waals surface area contributed by atoms with Crippen molar-refractivity contribution in [2.75, 3.05) is 20.3 Å². The van der Waals surface area contributed by atoms with E-state index < -0.39 is 0 Å². The van der Waals surface area contributed by atoms with Crippen LogP contribution in [0, 0.1) is 0 Å². The van der Waals surface area contributed by atoms with Gasteiger partial charge in [0.25, 0.3) is 0 Å². The van der Waals surface area contributed by atoms with Crippen molar-refractivity contribution in [1.82, 2.24) is 15.0 Å². The number of aliphatic hydroxyl groups is 1. The number of aliphatic hydroxyl groups excluding tert-OH is 1. The van der Waals surface area contributed by atoms with E-state index in [0.717, 1.165) is 22.7 Å². The van der Waals surface area contributed by atoms with Crippen molar-refractivity contribution in [3.63, 3.8) is 0 Å². The minimum atomic E-state index is -0.202. The molecule has 4 rings (SSSR count). The molecule has 0 bridgehead atoms. The van der Waals surface area contributed by atoms with Crippen LogP contribution in [-0.2, 0) is 6.61 Å². The van der Waals surface area contributed by atoms with Crippen molar-refractivity contribution < 1.29 is 19.3 Å². The number of benzene rings is 2. The molecule has 7 nitrogen and oxygen atoms in total. The minimum Gasteiger partial charge on any atom is -0.497 e. The number of methoxy groups -OCH3 is 1. The molecule has 25 heavy (non-hydrogen) atoms. The van der Waals surface area contributed by atoms with Gasteiger partial charge < -0.3 is 19.3 Å². The van der Waals surface area contributed by atoms with Crippen molar-refractivity contribution >= 4 is 0 Å². The normalized spacial score (nSPS) is 12.9. The number of rotatable bonds is 4. The van der Waals surface area contributed by atoms with E-state index in [2.05, 4.69) is 10.3 Å². The number of fused-ring (bicyclic) bond motifs is 1. The third-order valence-corrected chi connectivity index (χ3v) is 4.02. The highest BCUT2D eigenvalue weighted by atomic mass is 16.6. The number of hydrogen-bond donors (Lipinski definition) is 1. The molecule has 2 heterocycles. The molecule has 1 aliphatic rings. The fraction of sp³-hybridized carbons (Fsp3) is 0.222. The molecular formula is C18H17N3O4. The summed E-state index contributed by atoms with van der Waals surface area (Å²) in [5.74, 6) is 2.14. The van der Waals surface area contributed by atoms with E-state index in [1.54, 1.807) is 11.8 Å². The second-order valence-electron chi connectivity index (χ2n) is 5.51. The van der Waals surface area contributed by atoms with E-state index >= 15 is 0 Å². The summed E-state index contributed by atoms with van der Waals surface area (Å²) in [5, 5.41) is 18.0. The van der Waals surface area contributed by atoms with Crippen LogP contribution in [0.1, 0.15) is 5.69 Å². The van der Waals surface area contributed by atoms with Crippen LogP contribution in [0.3, 0.4) is 0 Å². The molecular weight excluding hydrogens is 322 g/mol. The number of nitrogens with zero attached hydrogens (tertiary/aromatic N) is 3. The Hall–Kier alpha value is -3.06. The van der Waals surface area contributed by atoms with Gasteiger partial charge in [0.15, 0.2) is 11.5 Å². The second-order valence-corrected chi connectivity index (χ2v) is 5.51. The lowest BCUT2D eigenvalue weighted by atomic mass is 10.1. The Kier molecular flexibility index (Phi) is 3.99. The van der Waals surface area contributed by atoms with Gasteiger partial charge in [0, 0.05) is 11.6 Å². The van der Waals surface area contributed by atoms with Crippen LogP contribution in [-0.4, -0.2) is 40.4 Å².